The van der Waals surface area contributed by atoms with Gasteiger partial charge in [-0.2, -0.15) is 5.10 Å². The van der Waals surface area contributed by atoms with E-state index in [1.165, 1.54) is 17.7 Å². The van der Waals surface area contributed by atoms with Crippen LogP contribution in [0.4, 0.5) is 4.39 Å². The number of hydrogen-bond acceptors (Lipinski definition) is 3. The lowest BCUT2D eigenvalue weighted by Crippen LogP contribution is -2.31. The summed E-state index contributed by atoms with van der Waals surface area (Å²) in [5.74, 6) is -0.228. The third-order valence-electron chi connectivity index (χ3n) is 5.02. The van der Waals surface area contributed by atoms with Gasteiger partial charge in [-0.3, -0.25) is 4.90 Å². The van der Waals surface area contributed by atoms with Crippen molar-refractivity contribution >= 4 is 12.4 Å². The number of nitrogens with two attached hydrogens (primary N) is 1. The summed E-state index contributed by atoms with van der Waals surface area (Å²) < 4.78 is 15.0. The lowest BCUT2D eigenvalue weighted by Gasteiger charge is -2.22. The van der Waals surface area contributed by atoms with Crippen molar-refractivity contribution < 1.29 is 4.39 Å². The lowest BCUT2D eigenvalue weighted by atomic mass is 9.90. The smallest absolute Gasteiger partial charge is 0.123 e. The standard InChI is InChI=1S/C18H25FN4.ClH/c1-13-17(10-22-9-8-18(3,11-20)12-22)14(2)23(21-13)16-6-4-15(19)5-7-16;/h4-7H,8-12,20H2,1-3H3;1H. The maximum Gasteiger partial charge on any atom is 0.123 e. The Bertz CT molecular complexity index is 698. The first kappa shape index (κ1) is 18.9. The van der Waals surface area contributed by atoms with Crippen LogP contribution in [-0.4, -0.2) is 34.3 Å². The summed E-state index contributed by atoms with van der Waals surface area (Å²) in [6, 6.07) is 6.47. The molecule has 24 heavy (non-hydrogen) atoms. The monoisotopic (exact) mass is 352 g/mol. The predicted octanol–water partition coefficient (Wildman–Crippen LogP) is 3.22. The summed E-state index contributed by atoms with van der Waals surface area (Å²) >= 11 is 0. The fraction of sp³-hybridized carbons (Fsp3) is 0.500. The molecule has 0 amide bonds. The molecule has 1 aromatic carbocycles. The zero-order valence-electron chi connectivity index (χ0n) is 14.6. The molecule has 1 unspecified atom stereocenters. The number of aromatic nitrogens is 2. The summed E-state index contributed by atoms with van der Waals surface area (Å²) in [7, 11) is 0. The molecule has 1 aliphatic rings. The first-order valence-corrected chi connectivity index (χ1v) is 8.15. The van der Waals surface area contributed by atoms with Crippen molar-refractivity contribution in [2.24, 2.45) is 11.1 Å². The molecule has 1 fully saturated rings. The van der Waals surface area contributed by atoms with Gasteiger partial charge in [0.1, 0.15) is 5.82 Å². The zero-order valence-corrected chi connectivity index (χ0v) is 15.4. The second-order valence-electron chi connectivity index (χ2n) is 7.01. The fourth-order valence-electron chi connectivity index (χ4n) is 3.39. The summed E-state index contributed by atoms with van der Waals surface area (Å²) in [6.45, 7) is 10.1. The average Bonchev–Trinajstić information content (AvgIpc) is 3.04. The summed E-state index contributed by atoms with van der Waals surface area (Å²) in [5, 5.41) is 4.65. The van der Waals surface area contributed by atoms with Crippen molar-refractivity contribution in [1.29, 1.82) is 0 Å². The van der Waals surface area contributed by atoms with Crippen molar-refractivity contribution in [3.05, 3.63) is 47.0 Å². The van der Waals surface area contributed by atoms with Crippen LogP contribution < -0.4 is 5.73 Å². The van der Waals surface area contributed by atoms with Gasteiger partial charge in [-0.1, -0.05) is 6.92 Å². The molecule has 0 radical (unpaired) electrons. The highest BCUT2D eigenvalue weighted by Crippen LogP contribution is 2.30. The van der Waals surface area contributed by atoms with Crippen molar-refractivity contribution in [3.63, 3.8) is 0 Å². The van der Waals surface area contributed by atoms with E-state index in [-0.39, 0.29) is 23.6 Å². The molecule has 132 valence electrons. The van der Waals surface area contributed by atoms with Gasteiger partial charge in [0.05, 0.1) is 11.4 Å². The first-order chi connectivity index (χ1) is 10.9. The SMILES string of the molecule is Cc1nn(-c2ccc(F)cc2)c(C)c1CN1CCC(C)(CN)C1.Cl. The zero-order chi connectivity index (χ0) is 16.6. The van der Waals surface area contributed by atoms with Crippen LogP contribution in [0.15, 0.2) is 24.3 Å². The Hall–Kier alpha value is -1.43. The van der Waals surface area contributed by atoms with Gasteiger partial charge in [0.15, 0.2) is 0 Å². The van der Waals surface area contributed by atoms with Crippen LogP contribution in [0.1, 0.15) is 30.3 Å². The molecule has 0 aliphatic carbocycles. The topological polar surface area (TPSA) is 47.1 Å². The van der Waals surface area contributed by atoms with Gasteiger partial charge < -0.3 is 5.73 Å². The van der Waals surface area contributed by atoms with Gasteiger partial charge in [0.2, 0.25) is 0 Å². The van der Waals surface area contributed by atoms with Crippen molar-refractivity contribution in [2.45, 2.75) is 33.7 Å². The minimum absolute atomic E-state index is 0. The molecular formula is C18H26ClFN4. The van der Waals surface area contributed by atoms with E-state index >= 15 is 0 Å². The van der Waals surface area contributed by atoms with Gasteiger partial charge in [-0.25, -0.2) is 9.07 Å². The minimum atomic E-state index is -0.228. The van der Waals surface area contributed by atoms with E-state index in [1.54, 1.807) is 12.1 Å². The molecule has 1 aliphatic heterocycles. The number of rotatable bonds is 4. The number of aryl methyl sites for hydroxylation is 1. The lowest BCUT2D eigenvalue weighted by molar-refractivity contribution is 0.273. The van der Waals surface area contributed by atoms with E-state index in [0.29, 0.717) is 0 Å². The highest BCUT2D eigenvalue weighted by molar-refractivity contribution is 5.85. The molecule has 2 heterocycles. The van der Waals surface area contributed by atoms with Crippen LogP contribution in [0, 0.1) is 25.1 Å². The highest BCUT2D eigenvalue weighted by atomic mass is 35.5. The van der Waals surface area contributed by atoms with E-state index in [9.17, 15) is 4.39 Å². The third kappa shape index (κ3) is 3.63. The van der Waals surface area contributed by atoms with Gasteiger partial charge in [0, 0.05) is 24.3 Å². The number of benzene rings is 1. The van der Waals surface area contributed by atoms with Crippen LogP contribution in [0.25, 0.3) is 5.69 Å². The maximum atomic E-state index is 13.1. The van der Waals surface area contributed by atoms with Crippen LogP contribution >= 0.6 is 12.4 Å². The Morgan fingerprint density at radius 3 is 2.50 bits per heavy atom. The molecule has 0 bridgehead atoms. The molecule has 1 aromatic heterocycles. The van der Waals surface area contributed by atoms with Gasteiger partial charge in [0.25, 0.3) is 0 Å². The van der Waals surface area contributed by atoms with Crippen molar-refractivity contribution in [3.8, 4) is 5.69 Å². The molecule has 6 heteroatoms. The number of halogens is 2. The molecule has 0 saturated carbocycles. The number of hydrogen-bond donors (Lipinski definition) is 1. The molecular weight excluding hydrogens is 327 g/mol. The molecule has 1 saturated heterocycles. The normalized spacial score (nSPS) is 21.0. The van der Waals surface area contributed by atoms with Crippen LogP contribution in [0.5, 0.6) is 0 Å². The van der Waals surface area contributed by atoms with E-state index in [0.717, 1.165) is 49.7 Å². The average molecular weight is 353 g/mol. The summed E-state index contributed by atoms with van der Waals surface area (Å²) in [6.07, 6.45) is 1.15. The van der Waals surface area contributed by atoms with Crippen LogP contribution in [0.2, 0.25) is 0 Å². The maximum absolute atomic E-state index is 13.1. The summed E-state index contributed by atoms with van der Waals surface area (Å²) in [5.41, 5.74) is 10.4. The van der Waals surface area contributed by atoms with E-state index in [1.807, 2.05) is 11.6 Å². The second-order valence-corrected chi connectivity index (χ2v) is 7.01. The Morgan fingerprint density at radius 1 is 1.25 bits per heavy atom. The first-order valence-electron chi connectivity index (χ1n) is 8.15. The van der Waals surface area contributed by atoms with Crippen LogP contribution in [0.3, 0.4) is 0 Å². The molecule has 3 rings (SSSR count). The third-order valence-corrected chi connectivity index (χ3v) is 5.02. The minimum Gasteiger partial charge on any atom is -0.330 e. The summed E-state index contributed by atoms with van der Waals surface area (Å²) in [4.78, 5) is 2.46. The van der Waals surface area contributed by atoms with Gasteiger partial charge >= 0.3 is 0 Å². The molecule has 2 N–H and O–H groups in total. The largest absolute Gasteiger partial charge is 0.330 e. The quantitative estimate of drug-likeness (QED) is 0.919. The second kappa shape index (κ2) is 7.21. The van der Waals surface area contributed by atoms with Gasteiger partial charge in [-0.15, -0.1) is 12.4 Å². The fourth-order valence-corrected chi connectivity index (χ4v) is 3.39. The van der Waals surface area contributed by atoms with Crippen molar-refractivity contribution in [2.75, 3.05) is 19.6 Å². The Balaban J connectivity index is 0.00000208. The van der Waals surface area contributed by atoms with E-state index < -0.39 is 0 Å². The van der Waals surface area contributed by atoms with Crippen LogP contribution in [-0.2, 0) is 6.54 Å². The molecule has 2 aromatic rings. The van der Waals surface area contributed by atoms with E-state index in [4.69, 9.17) is 5.73 Å². The number of nitrogens with zero attached hydrogens (tertiary/aromatic N) is 3. The van der Waals surface area contributed by atoms with E-state index in [2.05, 4.69) is 23.8 Å². The highest BCUT2D eigenvalue weighted by Gasteiger charge is 2.33. The van der Waals surface area contributed by atoms with Crippen molar-refractivity contribution in [1.82, 2.24) is 14.7 Å². The molecule has 0 spiro atoms. The molecule has 4 nitrogen and oxygen atoms in total. The Kier molecular flexibility index (Phi) is 5.68. The number of likely N-dealkylation sites (tertiary alicyclic amines) is 1. The Morgan fingerprint density at radius 2 is 1.92 bits per heavy atom. The Labute approximate surface area is 149 Å². The predicted molar refractivity (Wildman–Crippen MR) is 97.3 cm³/mol. The molecule has 1 atom stereocenters. The van der Waals surface area contributed by atoms with Gasteiger partial charge in [-0.05, 0) is 63.0 Å².